The van der Waals surface area contributed by atoms with Crippen molar-refractivity contribution in [3.05, 3.63) is 36.5 Å². The lowest BCUT2D eigenvalue weighted by Gasteiger charge is -2.18. The van der Waals surface area contributed by atoms with E-state index in [2.05, 4.69) is 57.2 Å². The zero-order chi connectivity index (χ0) is 38.7. The average Bonchev–Trinajstić information content (AvgIpc) is 3.15. The molecule has 0 aromatic rings. The standard InChI is InChI=1S/C47H84O6/c1-4-7-10-13-16-19-21-23-25-28-31-34-37-40-46(49)52-43-44(42-51-45(48)39-36-33-30-27-18-15-12-9-6-3)53-47(50)41-38-35-32-29-26-24-22-20-17-14-11-8-5-2/h23-27,30,44H,4-22,28-29,31-43H2,1-3H3/b25-23-,26-24-,30-27-. The van der Waals surface area contributed by atoms with E-state index in [4.69, 9.17) is 14.2 Å². The molecule has 53 heavy (non-hydrogen) atoms. The van der Waals surface area contributed by atoms with Crippen molar-refractivity contribution >= 4 is 17.9 Å². The molecule has 0 bridgehead atoms. The highest BCUT2D eigenvalue weighted by Crippen LogP contribution is 2.12. The molecular weight excluding hydrogens is 661 g/mol. The van der Waals surface area contributed by atoms with Gasteiger partial charge in [0.2, 0.25) is 0 Å². The molecule has 0 fully saturated rings. The maximum absolute atomic E-state index is 12.7. The molecule has 0 aliphatic heterocycles. The molecule has 0 aromatic heterocycles. The molecule has 6 heteroatoms. The van der Waals surface area contributed by atoms with Crippen LogP contribution in [0, 0.1) is 0 Å². The van der Waals surface area contributed by atoms with Gasteiger partial charge in [-0.3, -0.25) is 14.4 Å². The molecular formula is C47H84O6. The van der Waals surface area contributed by atoms with E-state index in [0.717, 1.165) is 77.0 Å². The fourth-order valence-corrected chi connectivity index (χ4v) is 6.14. The van der Waals surface area contributed by atoms with Gasteiger partial charge in [0, 0.05) is 19.3 Å². The van der Waals surface area contributed by atoms with Crippen LogP contribution in [0.15, 0.2) is 36.5 Å². The van der Waals surface area contributed by atoms with Crippen LogP contribution in [0.1, 0.15) is 226 Å². The van der Waals surface area contributed by atoms with E-state index in [1.807, 2.05) is 0 Å². The van der Waals surface area contributed by atoms with E-state index >= 15 is 0 Å². The van der Waals surface area contributed by atoms with Crippen LogP contribution in [-0.2, 0) is 28.6 Å². The summed E-state index contributed by atoms with van der Waals surface area (Å²) in [6.45, 7) is 6.52. The van der Waals surface area contributed by atoms with Gasteiger partial charge in [0.1, 0.15) is 13.2 Å². The minimum absolute atomic E-state index is 0.0940. The van der Waals surface area contributed by atoms with E-state index in [0.29, 0.717) is 25.7 Å². The Balaban J connectivity index is 4.43. The summed E-state index contributed by atoms with van der Waals surface area (Å²) >= 11 is 0. The number of esters is 3. The van der Waals surface area contributed by atoms with Crippen LogP contribution in [-0.4, -0.2) is 37.2 Å². The average molecular weight is 745 g/mol. The third-order valence-electron chi connectivity index (χ3n) is 9.59. The molecule has 0 saturated carbocycles. The van der Waals surface area contributed by atoms with Gasteiger partial charge in [0.25, 0.3) is 0 Å². The number of rotatable bonds is 40. The summed E-state index contributed by atoms with van der Waals surface area (Å²) in [5.74, 6) is -0.962. The van der Waals surface area contributed by atoms with Crippen molar-refractivity contribution in [2.45, 2.75) is 232 Å². The van der Waals surface area contributed by atoms with Crippen molar-refractivity contribution in [3.63, 3.8) is 0 Å². The summed E-state index contributed by atoms with van der Waals surface area (Å²) in [5, 5.41) is 0. The number of hydrogen-bond donors (Lipinski definition) is 0. The Morgan fingerprint density at radius 3 is 1.04 bits per heavy atom. The Morgan fingerprint density at radius 2 is 0.642 bits per heavy atom. The van der Waals surface area contributed by atoms with Crippen molar-refractivity contribution in [2.24, 2.45) is 0 Å². The topological polar surface area (TPSA) is 78.9 Å². The molecule has 0 rings (SSSR count). The fraction of sp³-hybridized carbons (Fsp3) is 0.809. The Kier molecular flexibility index (Phi) is 40.5. The third kappa shape index (κ3) is 40.6. The molecule has 308 valence electrons. The minimum Gasteiger partial charge on any atom is -0.462 e. The molecule has 6 nitrogen and oxygen atoms in total. The summed E-state index contributed by atoms with van der Waals surface area (Å²) in [4.78, 5) is 37.6. The van der Waals surface area contributed by atoms with Crippen LogP contribution in [0.2, 0.25) is 0 Å². The first-order valence-corrected chi connectivity index (χ1v) is 22.5. The van der Waals surface area contributed by atoms with Gasteiger partial charge in [0.05, 0.1) is 0 Å². The van der Waals surface area contributed by atoms with Gasteiger partial charge in [0.15, 0.2) is 6.10 Å². The summed E-state index contributed by atoms with van der Waals surface area (Å²) in [5.41, 5.74) is 0. The van der Waals surface area contributed by atoms with E-state index in [1.165, 1.54) is 103 Å². The van der Waals surface area contributed by atoms with Crippen molar-refractivity contribution in [3.8, 4) is 0 Å². The lowest BCUT2D eigenvalue weighted by molar-refractivity contribution is -0.167. The lowest BCUT2D eigenvalue weighted by Crippen LogP contribution is -2.30. The first kappa shape index (κ1) is 50.6. The Bertz CT molecular complexity index is 907. The number of ether oxygens (including phenoxy) is 3. The molecule has 0 aromatic carbocycles. The summed E-state index contributed by atoms with van der Waals surface area (Å²) in [6.07, 6.45) is 47.1. The van der Waals surface area contributed by atoms with Gasteiger partial charge in [-0.15, -0.1) is 0 Å². The number of carbonyl (C=O) groups excluding carboxylic acids is 3. The second kappa shape index (κ2) is 42.4. The molecule has 0 saturated heterocycles. The Labute approximate surface area is 327 Å². The zero-order valence-electron chi connectivity index (χ0n) is 35.0. The highest BCUT2D eigenvalue weighted by molar-refractivity contribution is 5.71. The van der Waals surface area contributed by atoms with Crippen LogP contribution in [0.4, 0.5) is 0 Å². The molecule has 1 unspecified atom stereocenters. The number of unbranched alkanes of at least 4 members (excludes halogenated alkanes) is 23. The molecule has 0 spiro atoms. The monoisotopic (exact) mass is 745 g/mol. The fourth-order valence-electron chi connectivity index (χ4n) is 6.14. The van der Waals surface area contributed by atoms with Gasteiger partial charge in [-0.05, 0) is 89.9 Å². The van der Waals surface area contributed by atoms with Crippen molar-refractivity contribution in [2.75, 3.05) is 13.2 Å². The molecule has 1 atom stereocenters. The predicted octanol–water partition coefficient (Wildman–Crippen LogP) is 14.2. The SMILES string of the molecule is CCCCCC/C=C\CCCC(=O)OCC(COC(=O)CCCCC/C=C\CCCCCCCC)OC(=O)CCCCC/C=C\CCCCCCCC. The van der Waals surface area contributed by atoms with Crippen LogP contribution < -0.4 is 0 Å². The highest BCUT2D eigenvalue weighted by atomic mass is 16.6. The molecule has 0 heterocycles. The van der Waals surface area contributed by atoms with Crippen LogP contribution in [0.25, 0.3) is 0 Å². The number of allylic oxidation sites excluding steroid dienone is 6. The Hall–Kier alpha value is -2.37. The van der Waals surface area contributed by atoms with Crippen LogP contribution >= 0.6 is 0 Å². The first-order valence-electron chi connectivity index (χ1n) is 22.5. The van der Waals surface area contributed by atoms with Crippen LogP contribution in [0.3, 0.4) is 0 Å². The predicted molar refractivity (Wildman–Crippen MR) is 224 cm³/mol. The second-order valence-corrected chi connectivity index (χ2v) is 14.9. The summed E-state index contributed by atoms with van der Waals surface area (Å²) in [7, 11) is 0. The zero-order valence-corrected chi connectivity index (χ0v) is 35.0. The molecule has 0 aliphatic carbocycles. The van der Waals surface area contributed by atoms with Crippen LogP contribution in [0.5, 0.6) is 0 Å². The van der Waals surface area contributed by atoms with Gasteiger partial charge in [-0.2, -0.15) is 0 Å². The molecule has 0 aliphatic rings. The van der Waals surface area contributed by atoms with Crippen molar-refractivity contribution in [1.82, 2.24) is 0 Å². The van der Waals surface area contributed by atoms with Gasteiger partial charge in [-0.25, -0.2) is 0 Å². The van der Waals surface area contributed by atoms with E-state index in [9.17, 15) is 14.4 Å². The van der Waals surface area contributed by atoms with Crippen molar-refractivity contribution < 1.29 is 28.6 Å². The summed E-state index contributed by atoms with van der Waals surface area (Å²) < 4.78 is 16.6. The van der Waals surface area contributed by atoms with E-state index < -0.39 is 6.10 Å². The highest BCUT2D eigenvalue weighted by Gasteiger charge is 2.19. The second-order valence-electron chi connectivity index (χ2n) is 14.9. The van der Waals surface area contributed by atoms with E-state index in [-0.39, 0.29) is 31.1 Å². The van der Waals surface area contributed by atoms with Crippen molar-refractivity contribution in [1.29, 1.82) is 0 Å². The quantitative estimate of drug-likeness (QED) is 0.0269. The Morgan fingerprint density at radius 1 is 0.358 bits per heavy atom. The van der Waals surface area contributed by atoms with Gasteiger partial charge >= 0.3 is 17.9 Å². The smallest absolute Gasteiger partial charge is 0.306 e. The lowest BCUT2D eigenvalue weighted by atomic mass is 10.1. The molecule has 0 radical (unpaired) electrons. The first-order chi connectivity index (χ1) is 26.0. The number of carbonyl (C=O) groups is 3. The minimum atomic E-state index is -0.792. The maximum atomic E-state index is 12.7. The normalized spacial score (nSPS) is 12.3. The number of hydrogen-bond acceptors (Lipinski definition) is 6. The van der Waals surface area contributed by atoms with E-state index in [1.54, 1.807) is 0 Å². The molecule has 0 N–H and O–H groups in total. The van der Waals surface area contributed by atoms with Gasteiger partial charge in [-0.1, -0.05) is 154 Å². The summed E-state index contributed by atoms with van der Waals surface area (Å²) in [6, 6.07) is 0. The molecule has 0 amide bonds. The third-order valence-corrected chi connectivity index (χ3v) is 9.59. The maximum Gasteiger partial charge on any atom is 0.306 e. The van der Waals surface area contributed by atoms with Gasteiger partial charge < -0.3 is 14.2 Å². The largest absolute Gasteiger partial charge is 0.462 e.